The number of alkyl halides is 4. The highest BCUT2D eigenvalue weighted by Crippen LogP contribution is 2.41. The van der Waals surface area contributed by atoms with Crippen LogP contribution in [-0.4, -0.2) is 18.2 Å². The van der Waals surface area contributed by atoms with Crippen LogP contribution >= 0.6 is 34.2 Å². The van der Waals surface area contributed by atoms with E-state index in [1.807, 2.05) is 22.6 Å². The summed E-state index contributed by atoms with van der Waals surface area (Å²) in [7, 11) is -3.80. The van der Waals surface area contributed by atoms with Crippen molar-refractivity contribution in [1.29, 1.82) is 0 Å². The van der Waals surface area contributed by atoms with E-state index in [4.69, 9.17) is 11.6 Å². The number of amides is 1. The van der Waals surface area contributed by atoms with E-state index in [0.717, 1.165) is 12.1 Å². The number of anilines is 1. The van der Waals surface area contributed by atoms with Gasteiger partial charge in [0.2, 0.25) is 15.7 Å². The molecule has 10 heteroatoms. The standard InChI is InChI=1S/C23H16ClF3INO3S/c24-16-4-8-18(9-5-16)33(31,32)19-10-6-17(7-11-19)29-21(13-20(28)22(29)30)14-2-1-3-15(12-14)23(25,26)27/h1-12,20-21H,13H2. The minimum atomic E-state index is -4.50. The lowest BCUT2D eigenvalue weighted by atomic mass is 10.0. The highest BCUT2D eigenvalue weighted by atomic mass is 127. The van der Waals surface area contributed by atoms with Gasteiger partial charge in [0.1, 0.15) is 0 Å². The molecule has 1 saturated heterocycles. The van der Waals surface area contributed by atoms with E-state index in [-0.39, 0.29) is 15.7 Å². The Morgan fingerprint density at radius 2 is 1.52 bits per heavy atom. The van der Waals surface area contributed by atoms with Crippen molar-refractivity contribution in [3.8, 4) is 0 Å². The number of sulfone groups is 1. The van der Waals surface area contributed by atoms with Gasteiger partial charge in [0.25, 0.3) is 0 Å². The van der Waals surface area contributed by atoms with Crippen LogP contribution in [0.25, 0.3) is 0 Å². The molecular formula is C23H16ClF3INO3S. The molecule has 1 amide bonds. The van der Waals surface area contributed by atoms with Crippen molar-refractivity contribution in [2.45, 2.75) is 32.4 Å². The monoisotopic (exact) mass is 605 g/mol. The molecule has 0 saturated carbocycles. The van der Waals surface area contributed by atoms with Gasteiger partial charge >= 0.3 is 6.18 Å². The van der Waals surface area contributed by atoms with Gasteiger partial charge in [0.05, 0.1) is 25.3 Å². The Morgan fingerprint density at radius 1 is 0.939 bits per heavy atom. The zero-order chi connectivity index (χ0) is 24.0. The molecule has 4 nitrogen and oxygen atoms in total. The van der Waals surface area contributed by atoms with Crippen molar-refractivity contribution < 1.29 is 26.4 Å². The first-order valence-corrected chi connectivity index (χ1v) is 12.8. The number of hydrogen-bond acceptors (Lipinski definition) is 3. The molecule has 4 rings (SSSR count). The maximum atomic E-state index is 13.2. The summed E-state index contributed by atoms with van der Waals surface area (Å²) in [5.74, 6) is -0.244. The van der Waals surface area contributed by atoms with E-state index >= 15 is 0 Å². The smallest absolute Gasteiger partial charge is 0.304 e. The third-order valence-corrected chi connectivity index (χ3v) is 8.47. The fraction of sp³-hybridized carbons (Fsp3) is 0.174. The van der Waals surface area contributed by atoms with E-state index in [1.165, 1.54) is 59.5 Å². The van der Waals surface area contributed by atoms with Crippen molar-refractivity contribution in [1.82, 2.24) is 0 Å². The van der Waals surface area contributed by atoms with E-state index in [9.17, 15) is 26.4 Å². The summed E-state index contributed by atoms with van der Waals surface area (Å²) < 4.78 is 64.9. The molecule has 33 heavy (non-hydrogen) atoms. The minimum absolute atomic E-state index is 0.0295. The fourth-order valence-electron chi connectivity index (χ4n) is 3.76. The highest BCUT2D eigenvalue weighted by molar-refractivity contribution is 14.1. The van der Waals surface area contributed by atoms with Gasteiger partial charge in [-0.1, -0.05) is 46.3 Å². The first-order valence-electron chi connectivity index (χ1n) is 9.73. The van der Waals surface area contributed by atoms with Crippen molar-refractivity contribution in [3.05, 3.63) is 88.9 Å². The molecule has 0 aliphatic carbocycles. The van der Waals surface area contributed by atoms with Crippen LogP contribution in [0.3, 0.4) is 0 Å². The van der Waals surface area contributed by atoms with Crippen LogP contribution < -0.4 is 4.90 Å². The number of carbonyl (C=O) groups excluding carboxylic acids is 1. The summed E-state index contributed by atoms with van der Waals surface area (Å²) in [6, 6.07) is 15.9. The normalized spacial score (nSPS) is 19.2. The van der Waals surface area contributed by atoms with Gasteiger partial charge in [-0.3, -0.25) is 4.79 Å². The lowest BCUT2D eigenvalue weighted by molar-refractivity contribution is -0.137. The van der Waals surface area contributed by atoms with Crippen LogP contribution in [0, 0.1) is 0 Å². The Hall–Kier alpha value is -2.11. The Labute approximate surface area is 207 Å². The number of hydrogen-bond donors (Lipinski definition) is 0. The highest BCUT2D eigenvalue weighted by Gasteiger charge is 2.41. The summed E-state index contributed by atoms with van der Waals surface area (Å²) in [4.78, 5) is 14.4. The maximum Gasteiger partial charge on any atom is 0.416 e. The van der Waals surface area contributed by atoms with Crippen LogP contribution in [0.4, 0.5) is 18.9 Å². The first-order chi connectivity index (χ1) is 15.5. The minimum Gasteiger partial charge on any atom is -0.304 e. The van der Waals surface area contributed by atoms with Gasteiger partial charge in [-0.2, -0.15) is 13.2 Å². The molecule has 0 bridgehead atoms. The second-order valence-corrected chi connectivity index (χ2v) is 11.4. The van der Waals surface area contributed by atoms with Crippen molar-refractivity contribution in [2.24, 2.45) is 0 Å². The number of benzene rings is 3. The molecule has 0 radical (unpaired) electrons. The Balaban J connectivity index is 1.68. The average molecular weight is 606 g/mol. The first kappa shape index (κ1) is 24.0. The molecule has 3 aromatic carbocycles. The second kappa shape index (κ2) is 8.92. The van der Waals surface area contributed by atoms with Crippen molar-refractivity contribution in [3.63, 3.8) is 0 Å². The van der Waals surface area contributed by atoms with Crippen molar-refractivity contribution >= 4 is 55.6 Å². The summed E-state index contributed by atoms with van der Waals surface area (Å²) >= 11 is 7.81. The molecule has 1 heterocycles. The van der Waals surface area contributed by atoms with Gasteiger partial charge in [0.15, 0.2) is 0 Å². The van der Waals surface area contributed by atoms with Crippen LogP contribution in [-0.2, 0) is 20.8 Å². The number of carbonyl (C=O) groups is 1. The molecule has 3 aromatic rings. The van der Waals surface area contributed by atoms with Crippen LogP contribution in [0.1, 0.15) is 23.6 Å². The molecular weight excluding hydrogens is 590 g/mol. The molecule has 0 spiro atoms. The number of halogens is 5. The predicted molar refractivity (Wildman–Crippen MR) is 127 cm³/mol. The van der Waals surface area contributed by atoms with Crippen LogP contribution in [0.5, 0.6) is 0 Å². The van der Waals surface area contributed by atoms with Gasteiger partial charge in [-0.15, -0.1) is 0 Å². The quantitative estimate of drug-likeness (QED) is 0.253. The molecule has 2 unspecified atom stereocenters. The summed E-state index contributed by atoms with van der Waals surface area (Å²) in [5, 5.41) is 0.408. The summed E-state index contributed by atoms with van der Waals surface area (Å²) in [6.45, 7) is 0. The number of rotatable bonds is 4. The lowest BCUT2D eigenvalue weighted by Gasteiger charge is -2.26. The van der Waals surface area contributed by atoms with E-state index in [2.05, 4.69) is 0 Å². The zero-order valence-corrected chi connectivity index (χ0v) is 20.5. The number of nitrogens with zero attached hydrogens (tertiary/aromatic N) is 1. The molecule has 172 valence electrons. The van der Waals surface area contributed by atoms with Gasteiger partial charge < -0.3 is 4.90 Å². The molecule has 0 aromatic heterocycles. The van der Waals surface area contributed by atoms with Crippen LogP contribution in [0.2, 0.25) is 5.02 Å². The Morgan fingerprint density at radius 3 is 2.09 bits per heavy atom. The Bertz CT molecular complexity index is 1300. The van der Waals surface area contributed by atoms with Gasteiger partial charge in [-0.25, -0.2) is 8.42 Å². The van der Waals surface area contributed by atoms with E-state index in [1.54, 1.807) is 6.07 Å². The molecule has 0 N–H and O–H groups in total. The summed E-state index contributed by atoms with van der Waals surface area (Å²) in [6.07, 6.45) is -4.16. The topological polar surface area (TPSA) is 54.5 Å². The molecule has 1 aliphatic rings. The van der Waals surface area contributed by atoms with Crippen molar-refractivity contribution in [2.75, 3.05) is 4.90 Å². The molecule has 1 aliphatic heterocycles. The van der Waals surface area contributed by atoms with E-state index < -0.39 is 31.5 Å². The average Bonchev–Trinajstić information content (AvgIpc) is 3.08. The van der Waals surface area contributed by atoms with Gasteiger partial charge in [-0.05, 0) is 72.6 Å². The molecule has 2 atom stereocenters. The van der Waals surface area contributed by atoms with Crippen LogP contribution in [0.15, 0.2) is 82.6 Å². The third kappa shape index (κ3) is 4.76. The van der Waals surface area contributed by atoms with E-state index in [0.29, 0.717) is 22.7 Å². The van der Waals surface area contributed by atoms with Gasteiger partial charge in [0, 0.05) is 10.7 Å². The largest absolute Gasteiger partial charge is 0.416 e. The maximum absolute atomic E-state index is 13.2. The third-order valence-electron chi connectivity index (χ3n) is 5.40. The second-order valence-electron chi connectivity index (χ2n) is 7.50. The lowest BCUT2D eigenvalue weighted by Crippen LogP contribution is -2.29. The summed E-state index contributed by atoms with van der Waals surface area (Å²) in [5.41, 5.74) is 0.000509. The predicted octanol–water partition coefficient (Wildman–Crippen LogP) is 6.47. The fourth-order valence-corrected chi connectivity index (χ4v) is 5.93. The molecule has 1 fully saturated rings. The zero-order valence-electron chi connectivity index (χ0n) is 16.8. The SMILES string of the molecule is O=C1C(I)CC(c2cccc(C(F)(F)F)c2)N1c1ccc(S(=O)(=O)c2ccc(Cl)cc2)cc1. The Kier molecular flexibility index (Phi) is 6.49.